The van der Waals surface area contributed by atoms with Crippen molar-refractivity contribution in [3.8, 4) is 11.3 Å². The maximum Gasteiger partial charge on any atom is 0.282 e. The van der Waals surface area contributed by atoms with Gasteiger partial charge < -0.3 is 4.52 Å². The molecule has 0 radical (unpaired) electrons. The second-order valence-electron chi connectivity index (χ2n) is 7.74. The summed E-state index contributed by atoms with van der Waals surface area (Å²) >= 11 is 1.51. The van der Waals surface area contributed by atoms with Crippen LogP contribution in [0.5, 0.6) is 0 Å². The predicted octanol–water partition coefficient (Wildman–Crippen LogP) is 6.42. The quantitative estimate of drug-likeness (QED) is 0.317. The van der Waals surface area contributed by atoms with Gasteiger partial charge in [-0.05, 0) is 36.6 Å². The van der Waals surface area contributed by atoms with Gasteiger partial charge in [-0.2, -0.15) is 0 Å². The van der Waals surface area contributed by atoms with Gasteiger partial charge in [-0.1, -0.05) is 83.2 Å². The molecule has 6 heteroatoms. The van der Waals surface area contributed by atoms with E-state index in [1.807, 2.05) is 67.6 Å². The molecule has 5 rings (SSSR count). The Morgan fingerprint density at radius 3 is 2.44 bits per heavy atom. The topological polar surface area (TPSA) is 59.2 Å². The lowest BCUT2D eigenvalue weighted by molar-refractivity contribution is 0.0976. The molecular formula is C26H21N3O2S. The number of aromatic nitrogens is 2. The number of hydrogen-bond acceptors (Lipinski definition) is 5. The van der Waals surface area contributed by atoms with Gasteiger partial charge in [-0.25, -0.2) is 4.98 Å². The largest absolute Gasteiger partial charge is 0.355 e. The normalized spacial score (nSPS) is 11.1. The van der Waals surface area contributed by atoms with Crippen molar-refractivity contribution in [1.29, 1.82) is 0 Å². The Hall–Kier alpha value is -3.77. The number of anilines is 1. The van der Waals surface area contributed by atoms with Gasteiger partial charge in [-0.15, -0.1) is 0 Å². The van der Waals surface area contributed by atoms with E-state index < -0.39 is 0 Å². The summed E-state index contributed by atoms with van der Waals surface area (Å²) in [5.41, 5.74) is 5.34. The van der Waals surface area contributed by atoms with Crippen molar-refractivity contribution >= 4 is 32.6 Å². The minimum atomic E-state index is -0.242. The van der Waals surface area contributed by atoms with Gasteiger partial charge in [0.25, 0.3) is 5.91 Å². The number of benzene rings is 3. The number of aryl methyl sites for hydroxylation is 2. The van der Waals surface area contributed by atoms with Crippen molar-refractivity contribution in [2.24, 2.45) is 0 Å². The Bertz CT molecular complexity index is 1390. The fraction of sp³-hybridized carbons (Fsp3) is 0.115. The molecule has 158 valence electrons. The average molecular weight is 440 g/mol. The van der Waals surface area contributed by atoms with Gasteiger partial charge in [0.1, 0.15) is 0 Å². The van der Waals surface area contributed by atoms with Crippen LogP contribution >= 0.6 is 11.3 Å². The van der Waals surface area contributed by atoms with Gasteiger partial charge in [0, 0.05) is 11.6 Å². The lowest BCUT2D eigenvalue weighted by Gasteiger charge is -2.18. The summed E-state index contributed by atoms with van der Waals surface area (Å²) < 4.78 is 6.55. The van der Waals surface area contributed by atoms with E-state index in [9.17, 15) is 4.79 Å². The van der Waals surface area contributed by atoms with E-state index in [2.05, 4.69) is 24.2 Å². The van der Waals surface area contributed by atoms with Crippen LogP contribution in [0.25, 0.3) is 21.5 Å². The zero-order valence-corrected chi connectivity index (χ0v) is 18.6. The van der Waals surface area contributed by atoms with Gasteiger partial charge >= 0.3 is 0 Å². The minimum Gasteiger partial charge on any atom is -0.355 e. The van der Waals surface area contributed by atoms with E-state index in [4.69, 9.17) is 9.51 Å². The lowest BCUT2D eigenvalue weighted by Crippen LogP contribution is -2.30. The molecule has 0 aliphatic heterocycles. The number of carbonyl (C=O) groups is 1. The Kier molecular flexibility index (Phi) is 5.29. The first-order chi connectivity index (χ1) is 15.6. The predicted molar refractivity (Wildman–Crippen MR) is 128 cm³/mol. The number of hydrogen-bond donors (Lipinski definition) is 0. The van der Waals surface area contributed by atoms with Crippen LogP contribution < -0.4 is 4.90 Å². The SMILES string of the molecule is Cc1cc(C)c2nc(N(Cc3ccccc3)C(=O)c3cc(-c4ccccc4)on3)sc2c1. The van der Waals surface area contributed by atoms with Crippen LogP contribution in [0, 0.1) is 13.8 Å². The van der Waals surface area contributed by atoms with Gasteiger partial charge in [0.2, 0.25) is 0 Å². The molecule has 5 aromatic rings. The molecule has 0 bridgehead atoms. The van der Waals surface area contributed by atoms with Crippen LogP contribution in [-0.2, 0) is 6.54 Å². The summed E-state index contributed by atoms with van der Waals surface area (Å²) in [4.78, 5) is 20.1. The van der Waals surface area contributed by atoms with Crippen LogP contribution in [0.15, 0.2) is 83.4 Å². The van der Waals surface area contributed by atoms with Crippen LogP contribution in [0.1, 0.15) is 27.2 Å². The van der Waals surface area contributed by atoms with E-state index in [1.165, 1.54) is 16.9 Å². The highest BCUT2D eigenvalue weighted by molar-refractivity contribution is 7.22. The number of thiazole rings is 1. The smallest absolute Gasteiger partial charge is 0.282 e. The Balaban J connectivity index is 1.55. The second kappa shape index (κ2) is 8.40. The molecule has 5 nitrogen and oxygen atoms in total. The summed E-state index contributed by atoms with van der Waals surface area (Å²) in [6.07, 6.45) is 0. The second-order valence-corrected chi connectivity index (χ2v) is 8.75. The molecule has 0 fully saturated rings. The first-order valence-electron chi connectivity index (χ1n) is 10.3. The fourth-order valence-corrected chi connectivity index (χ4v) is 4.86. The maximum absolute atomic E-state index is 13.6. The molecule has 0 aliphatic rings. The van der Waals surface area contributed by atoms with Crippen molar-refractivity contribution in [1.82, 2.24) is 10.1 Å². The summed E-state index contributed by atoms with van der Waals surface area (Å²) in [5.74, 6) is 0.317. The molecule has 1 amide bonds. The highest BCUT2D eigenvalue weighted by Crippen LogP contribution is 2.33. The molecule has 0 unspecified atom stereocenters. The molecular weight excluding hydrogens is 418 g/mol. The van der Waals surface area contributed by atoms with Crippen molar-refractivity contribution < 1.29 is 9.32 Å². The number of fused-ring (bicyclic) bond motifs is 1. The Labute approximate surface area is 189 Å². The molecule has 0 N–H and O–H groups in total. The third-order valence-corrected chi connectivity index (χ3v) is 6.29. The molecule has 3 aromatic carbocycles. The molecule has 32 heavy (non-hydrogen) atoms. The van der Waals surface area contributed by atoms with E-state index in [0.717, 1.165) is 26.9 Å². The first-order valence-corrected chi connectivity index (χ1v) is 11.2. The minimum absolute atomic E-state index is 0.242. The summed E-state index contributed by atoms with van der Waals surface area (Å²) in [6.45, 7) is 4.51. The van der Waals surface area contributed by atoms with Crippen molar-refractivity contribution in [3.63, 3.8) is 0 Å². The molecule has 0 aliphatic carbocycles. The highest BCUT2D eigenvalue weighted by atomic mass is 32.1. The number of nitrogens with zero attached hydrogens (tertiary/aromatic N) is 3. The Morgan fingerprint density at radius 1 is 0.969 bits per heavy atom. The standard InChI is InChI=1S/C26H21N3O2S/c1-17-13-18(2)24-23(14-17)32-26(27-24)29(16-19-9-5-3-6-10-19)25(30)21-15-22(31-28-21)20-11-7-4-8-12-20/h3-15H,16H2,1-2H3. The van der Waals surface area contributed by atoms with Crippen LogP contribution in [-0.4, -0.2) is 16.0 Å². The van der Waals surface area contributed by atoms with Gasteiger partial charge in [-0.3, -0.25) is 9.69 Å². The molecule has 0 saturated carbocycles. The van der Waals surface area contributed by atoms with Gasteiger partial charge in [0.05, 0.1) is 16.8 Å². The van der Waals surface area contributed by atoms with Crippen molar-refractivity contribution in [2.45, 2.75) is 20.4 Å². The molecule has 2 heterocycles. The summed E-state index contributed by atoms with van der Waals surface area (Å²) in [5, 5.41) is 4.72. The van der Waals surface area contributed by atoms with E-state index >= 15 is 0 Å². The van der Waals surface area contributed by atoms with Crippen LogP contribution in [0.2, 0.25) is 0 Å². The van der Waals surface area contributed by atoms with E-state index in [1.54, 1.807) is 11.0 Å². The first kappa shape index (κ1) is 20.2. The van der Waals surface area contributed by atoms with Crippen LogP contribution in [0.4, 0.5) is 5.13 Å². The molecule has 0 spiro atoms. The number of rotatable bonds is 5. The lowest BCUT2D eigenvalue weighted by atomic mass is 10.1. The third kappa shape index (κ3) is 3.92. The van der Waals surface area contributed by atoms with E-state index in [0.29, 0.717) is 17.4 Å². The monoisotopic (exact) mass is 439 g/mol. The fourth-order valence-electron chi connectivity index (χ4n) is 3.72. The molecule has 0 saturated heterocycles. The molecule has 2 aromatic heterocycles. The highest BCUT2D eigenvalue weighted by Gasteiger charge is 2.25. The average Bonchev–Trinajstić information content (AvgIpc) is 3.46. The zero-order valence-electron chi connectivity index (χ0n) is 17.8. The maximum atomic E-state index is 13.6. The summed E-state index contributed by atoms with van der Waals surface area (Å²) in [6, 6.07) is 25.4. The van der Waals surface area contributed by atoms with Crippen molar-refractivity contribution in [3.05, 3.63) is 101 Å². The third-order valence-electron chi connectivity index (χ3n) is 5.27. The van der Waals surface area contributed by atoms with Gasteiger partial charge in [0.15, 0.2) is 16.6 Å². The number of carbonyl (C=O) groups excluding carboxylic acids is 1. The Morgan fingerprint density at radius 2 is 1.69 bits per heavy atom. The molecule has 0 atom stereocenters. The van der Waals surface area contributed by atoms with E-state index in [-0.39, 0.29) is 11.6 Å². The van der Waals surface area contributed by atoms with Crippen LogP contribution in [0.3, 0.4) is 0 Å². The van der Waals surface area contributed by atoms with Crippen molar-refractivity contribution in [2.75, 3.05) is 4.90 Å². The zero-order chi connectivity index (χ0) is 22.1. The summed E-state index contributed by atoms with van der Waals surface area (Å²) in [7, 11) is 0. The number of amides is 1.